The zero-order chi connectivity index (χ0) is 18.3. The predicted octanol–water partition coefficient (Wildman–Crippen LogP) is 2.75. The molecule has 4 fully saturated rings. The van der Waals surface area contributed by atoms with E-state index in [9.17, 15) is 9.59 Å². The Morgan fingerprint density at radius 2 is 1.85 bits per heavy atom. The maximum atomic E-state index is 12.4. The van der Waals surface area contributed by atoms with Crippen molar-refractivity contribution in [2.24, 2.45) is 17.8 Å². The number of hydrogen-bond acceptors (Lipinski definition) is 5. The van der Waals surface area contributed by atoms with E-state index in [1.807, 2.05) is 18.4 Å². The summed E-state index contributed by atoms with van der Waals surface area (Å²) in [6, 6.07) is -0.113. The van der Waals surface area contributed by atoms with Crippen LogP contribution in [0.25, 0.3) is 0 Å². The molecule has 0 radical (unpaired) electrons. The monoisotopic (exact) mass is 377 g/mol. The summed E-state index contributed by atoms with van der Waals surface area (Å²) in [6.45, 7) is 4.07. The van der Waals surface area contributed by atoms with Crippen molar-refractivity contribution in [1.29, 1.82) is 0 Å². The Hall–Kier alpha value is -1.57. The van der Waals surface area contributed by atoms with Gasteiger partial charge in [-0.3, -0.25) is 10.1 Å². The molecule has 3 amide bonds. The van der Waals surface area contributed by atoms with Crippen molar-refractivity contribution in [2.75, 3.05) is 5.75 Å². The van der Waals surface area contributed by atoms with Gasteiger partial charge in [0.25, 0.3) is 0 Å². The van der Waals surface area contributed by atoms with Gasteiger partial charge < -0.3 is 9.88 Å². The molecule has 142 valence electrons. The van der Waals surface area contributed by atoms with E-state index >= 15 is 0 Å². The van der Waals surface area contributed by atoms with Gasteiger partial charge in [-0.2, -0.15) is 0 Å². The highest BCUT2D eigenvalue weighted by molar-refractivity contribution is 7.99. The first-order valence-electron chi connectivity index (χ1n) is 9.57. The molecule has 0 aromatic carbocycles. The summed E-state index contributed by atoms with van der Waals surface area (Å²) < 4.78 is 1.91. The first kappa shape index (κ1) is 17.8. The molecule has 2 N–H and O–H groups in total. The lowest BCUT2D eigenvalue weighted by Crippen LogP contribution is -2.61. The van der Waals surface area contributed by atoms with E-state index in [4.69, 9.17) is 0 Å². The van der Waals surface area contributed by atoms with Crippen LogP contribution >= 0.6 is 11.8 Å². The molecule has 1 aromatic rings. The average molecular weight is 378 g/mol. The summed E-state index contributed by atoms with van der Waals surface area (Å²) in [5.41, 5.74) is -0.0793. The lowest BCUT2D eigenvalue weighted by Gasteiger charge is -2.56. The first-order valence-corrected chi connectivity index (χ1v) is 10.6. The van der Waals surface area contributed by atoms with Crippen LogP contribution < -0.4 is 10.6 Å². The molecule has 1 heterocycles. The van der Waals surface area contributed by atoms with Crippen molar-refractivity contribution in [3.63, 3.8) is 0 Å². The number of amides is 3. The van der Waals surface area contributed by atoms with Crippen LogP contribution in [0.1, 0.15) is 58.4 Å². The van der Waals surface area contributed by atoms with Gasteiger partial charge in [-0.25, -0.2) is 4.79 Å². The second-order valence-electron chi connectivity index (χ2n) is 8.60. The van der Waals surface area contributed by atoms with Gasteiger partial charge in [-0.1, -0.05) is 11.8 Å². The minimum absolute atomic E-state index is 0.0793. The molecule has 5 rings (SSSR count). The summed E-state index contributed by atoms with van der Waals surface area (Å²) in [6.07, 6.45) is 8.87. The summed E-state index contributed by atoms with van der Waals surface area (Å²) in [5, 5.41) is 14.3. The van der Waals surface area contributed by atoms with Crippen LogP contribution in [0.15, 0.2) is 11.5 Å². The molecule has 4 aliphatic rings. The fraction of sp³-hybridized carbons (Fsp3) is 0.778. The van der Waals surface area contributed by atoms with Crippen molar-refractivity contribution < 1.29 is 9.59 Å². The molecule has 4 bridgehead atoms. The van der Waals surface area contributed by atoms with Crippen molar-refractivity contribution in [3.8, 4) is 0 Å². The van der Waals surface area contributed by atoms with Crippen LogP contribution in [0.4, 0.5) is 4.79 Å². The highest BCUT2D eigenvalue weighted by Crippen LogP contribution is 2.55. The number of hydrogen-bond donors (Lipinski definition) is 2. The van der Waals surface area contributed by atoms with E-state index in [2.05, 4.69) is 20.8 Å². The third-order valence-electron chi connectivity index (χ3n) is 6.10. The number of nitrogens with zero attached hydrogens (tertiary/aromatic N) is 3. The van der Waals surface area contributed by atoms with Gasteiger partial charge in [0.2, 0.25) is 5.91 Å². The molecule has 0 unspecified atom stereocenters. The molecule has 4 aliphatic carbocycles. The normalized spacial score (nSPS) is 32.0. The van der Waals surface area contributed by atoms with Crippen LogP contribution in [-0.4, -0.2) is 38.0 Å². The maximum absolute atomic E-state index is 12.4. The van der Waals surface area contributed by atoms with Gasteiger partial charge in [0.15, 0.2) is 5.16 Å². The van der Waals surface area contributed by atoms with Crippen molar-refractivity contribution in [2.45, 2.75) is 69.1 Å². The summed E-state index contributed by atoms with van der Waals surface area (Å²) in [5.74, 6) is 2.14. The SMILES string of the molecule is CC(C)n1cnnc1SCC(=O)NC(=O)NC12CC3CC(CC(C3)C1)C2. The largest absolute Gasteiger partial charge is 0.332 e. The number of aromatic nitrogens is 3. The minimum Gasteiger partial charge on any atom is -0.332 e. The van der Waals surface area contributed by atoms with Crippen LogP contribution in [0, 0.1) is 17.8 Å². The molecule has 26 heavy (non-hydrogen) atoms. The number of nitrogens with one attached hydrogen (secondary N) is 2. The Kier molecular flexibility index (Phi) is 4.71. The molecular weight excluding hydrogens is 350 g/mol. The number of imide groups is 1. The van der Waals surface area contributed by atoms with Crippen molar-refractivity contribution in [1.82, 2.24) is 25.4 Å². The van der Waals surface area contributed by atoms with Gasteiger partial charge in [0, 0.05) is 11.6 Å². The van der Waals surface area contributed by atoms with E-state index in [-0.39, 0.29) is 29.3 Å². The molecule has 0 aliphatic heterocycles. The van der Waals surface area contributed by atoms with Crippen LogP contribution in [-0.2, 0) is 4.79 Å². The Morgan fingerprint density at radius 1 is 1.23 bits per heavy atom. The second kappa shape index (κ2) is 6.87. The number of urea groups is 1. The molecule has 0 atom stereocenters. The molecule has 0 spiro atoms. The van der Waals surface area contributed by atoms with E-state index in [1.54, 1.807) is 6.33 Å². The Morgan fingerprint density at radius 3 is 2.42 bits per heavy atom. The molecular formula is C18H27N5O2S. The first-order chi connectivity index (χ1) is 12.4. The van der Waals surface area contributed by atoms with Crippen LogP contribution in [0.2, 0.25) is 0 Å². The van der Waals surface area contributed by atoms with Crippen LogP contribution in [0.5, 0.6) is 0 Å². The average Bonchev–Trinajstić information content (AvgIpc) is 2.99. The van der Waals surface area contributed by atoms with Gasteiger partial charge in [-0.05, 0) is 70.1 Å². The molecule has 7 nitrogen and oxygen atoms in total. The maximum Gasteiger partial charge on any atom is 0.321 e. The third kappa shape index (κ3) is 3.61. The third-order valence-corrected chi connectivity index (χ3v) is 7.06. The van der Waals surface area contributed by atoms with E-state index < -0.39 is 0 Å². The fourth-order valence-corrected chi connectivity index (χ4v) is 6.36. The molecule has 4 saturated carbocycles. The summed E-state index contributed by atoms with van der Waals surface area (Å²) in [4.78, 5) is 24.6. The highest BCUT2D eigenvalue weighted by atomic mass is 32.2. The topological polar surface area (TPSA) is 88.9 Å². The van der Waals surface area contributed by atoms with Crippen molar-refractivity contribution >= 4 is 23.7 Å². The van der Waals surface area contributed by atoms with Gasteiger partial charge >= 0.3 is 6.03 Å². The Bertz CT molecular complexity index is 666. The molecule has 8 heteroatoms. The molecule has 1 aromatic heterocycles. The lowest BCUT2D eigenvalue weighted by molar-refractivity contribution is -0.117. The highest BCUT2D eigenvalue weighted by Gasteiger charge is 2.51. The van der Waals surface area contributed by atoms with Crippen LogP contribution in [0.3, 0.4) is 0 Å². The number of carbonyl (C=O) groups excluding carboxylic acids is 2. The molecule has 0 saturated heterocycles. The second-order valence-corrected chi connectivity index (χ2v) is 9.55. The minimum atomic E-state index is -0.345. The smallest absolute Gasteiger partial charge is 0.321 e. The van der Waals surface area contributed by atoms with Crippen molar-refractivity contribution in [3.05, 3.63) is 6.33 Å². The summed E-state index contributed by atoms with van der Waals surface area (Å²) >= 11 is 1.30. The lowest BCUT2D eigenvalue weighted by atomic mass is 9.53. The zero-order valence-electron chi connectivity index (χ0n) is 15.4. The van der Waals surface area contributed by atoms with E-state index in [0.717, 1.165) is 37.0 Å². The summed E-state index contributed by atoms with van der Waals surface area (Å²) in [7, 11) is 0. The Balaban J connectivity index is 1.28. The van der Waals surface area contributed by atoms with E-state index in [0.29, 0.717) is 5.16 Å². The number of carbonyl (C=O) groups is 2. The van der Waals surface area contributed by atoms with Gasteiger partial charge in [0.05, 0.1) is 5.75 Å². The number of thioether (sulfide) groups is 1. The fourth-order valence-electron chi connectivity index (χ4n) is 5.52. The van der Waals surface area contributed by atoms with Gasteiger partial charge in [0.1, 0.15) is 6.33 Å². The zero-order valence-corrected chi connectivity index (χ0v) is 16.2. The predicted molar refractivity (Wildman–Crippen MR) is 98.7 cm³/mol. The standard InChI is InChI=1S/C18H27N5O2S/c1-11(2)23-10-19-22-17(23)26-9-15(24)20-16(25)21-18-6-12-3-13(7-18)5-14(4-12)8-18/h10-14H,3-9H2,1-2H3,(H2,20,21,24,25). The number of rotatable bonds is 5. The Labute approximate surface area is 158 Å². The van der Waals surface area contributed by atoms with E-state index in [1.165, 1.54) is 31.0 Å². The quantitative estimate of drug-likeness (QED) is 0.770. The van der Waals surface area contributed by atoms with Gasteiger partial charge in [-0.15, -0.1) is 10.2 Å².